The van der Waals surface area contributed by atoms with Gasteiger partial charge in [-0.15, -0.1) is 0 Å². The fourth-order valence-electron chi connectivity index (χ4n) is 6.18. The monoisotopic (exact) mass is 574 g/mol. The van der Waals surface area contributed by atoms with E-state index in [9.17, 15) is 0 Å². The number of hydrogen-bond donors (Lipinski definition) is 0. The van der Waals surface area contributed by atoms with Gasteiger partial charge in [-0.25, -0.2) is 0 Å². The summed E-state index contributed by atoms with van der Waals surface area (Å²) in [6.07, 6.45) is 2.03. The molecule has 1 saturated heterocycles. The number of hydrogen-bond acceptors (Lipinski definition) is 4. The number of fused-ring (bicyclic) bond motifs is 4. The van der Waals surface area contributed by atoms with Crippen LogP contribution in [0.2, 0.25) is 10.0 Å². The first kappa shape index (κ1) is 25.1. The van der Waals surface area contributed by atoms with Gasteiger partial charge in [-0.1, -0.05) is 83.1 Å². The van der Waals surface area contributed by atoms with Crippen LogP contribution in [0.4, 0.5) is 0 Å². The van der Waals surface area contributed by atoms with Crippen LogP contribution in [0, 0.1) is 0 Å². The Morgan fingerprint density at radius 2 is 0.947 bits per heavy atom. The molecule has 0 aliphatic carbocycles. The van der Waals surface area contributed by atoms with Gasteiger partial charge in [-0.05, 0) is 83.6 Å². The first-order chi connectivity index (χ1) is 18.6. The molecule has 4 aromatic carbocycles. The lowest BCUT2D eigenvalue weighted by Gasteiger charge is -2.43. The zero-order valence-corrected chi connectivity index (χ0v) is 24.1. The number of benzene rings is 4. The predicted octanol–water partition coefficient (Wildman–Crippen LogP) is 8.81. The lowest BCUT2D eigenvalue weighted by molar-refractivity contribution is 0.0662. The third kappa shape index (κ3) is 4.81. The van der Waals surface area contributed by atoms with Crippen molar-refractivity contribution in [1.29, 1.82) is 0 Å². The van der Waals surface area contributed by atoms with Crippen molar-refractivity contribution in [2.45, 2.75) is 44.5 Å². The topological polar surface area (TPSA) is 6.48 Å². The molecule has 1 fully saturated rings. The minimum atomic E-state index is 0.328. The van der Waals surface area contributed by atoms with E-state index in [0.717, 1.165) is 49.1 Å². The molecule has 7 rings (SSSR count). The zero-order valence-electron chi connectivity index (χ0n) is 20.9. The molecule has 6 heteroatoms. The molecule has 0 radical (unpaired) electrons. The smallest absolute Gasteiger partial charge is 0.0410 e. The molecule has 0 spiro atoms. The highest BCUT2D eigenvalue weighted by Gasteiger charge is 2.34. The minimum absolute atomic E-state index is 0.328. The molecule has 0 amide bonds. The third-order valence-corrected chi connectivity index (χ3v) is 11.0. The molecular formula is C32H28Cl2N2S2. The summed E-state index contributed by atoms with van der Waals surface area (Å²) in [5.74, 6) is 0. The average molecular weight is 576 g/mol. The molecule has 4 aromatic rings. The van der Waals surface area contributed by atoms with E-state index >= 15 is 0 Å². The van der Waals surface area contributed by atoms with Gasteiger partial charge in [0.25, 0.3) is 0 Å². The van der Waals surface area contributed by atoms with E-state index in [0.29, 0.717) is 12.1 Å². The van der Waals surface area contributed by atoms with Crippen LogP contribution in [0.15, 0.2) is 105 Å². The predicted molar refractivity (Wildman–Crippen MR) is 160 cm³/mol. The van der Waals surface area contributed by atoms with E-state index in [4.69, 9.17) is 23.2 Å². The van der Waals surface area contributed by atoms with Gasteiger partial charge in [-0.2, -0.15) is 0 Å². The molecule has 3 aliphatic heterocycles. The molecule has 0 saturated carbocycles. The summed E-state index contributed by atoms with van der Waals surface area (Å²) in [7, 11) is 0. The number of halogens is 2. The Morgan fingerprint density at radius 1 is 0.526 bits per heavy atom. The highest BCUT2D eigenvalue weighted by Crippen LogP contribution is 2.46. The Kier molecular flexibility index (Phi) is 6.98. The SMILES string of the molecule is Clc1ccc2c(c1)[C@H](N1CCN([C@@H]3Cc4ccccc4Sc4ccc(Cl)cc43)CC1)Cc1ccccc1S2. The van der Waals surface area contributed by atoms with Crippen molar-refractivity contribution in [1.82, 2.24) is 9.80 Å². The summed E-state index contributed by atoms with van der Waals surface area (Å²) in [6.45, 7) is 4.13. The van der Waals surface area contributed by atoms with Gasteiger partial charge >= 0.3 is 0 Å². The molecule has 3 aliphatic rings. The maximum absolute atomic E-state index is 6.54. The van der Waals surface area contributed by atoms with Crippen molar-refractivity contribution in [3.8, 4) is 0 Å². The molecule has 0 unspecified atom stereocenters. The zero-order chi connectivity index (χ0) is 25.6. The molecule has 0 bridgehead atoms. The third-order valence-electron chi connectivity index (χ3n) is 8.10. The van der Waals surface area contributed by atoms with Crippen molar-refractivity contribution in [3.63, 3.8) is 0 Å². The number of piperazine rings is 1. The Labute approximate surface area is 243 Å². The quantitative estimate of drug-likeness (QED) is 0.236. The molecule has 38 heavy (non-hydrogen) atoms. The van der Waals surface area contributed by atoms with E-state index in [1.807, 2.05) is 35.7 Å². The standard InChI is InChI=1S/C32H28Cl2N2S2/c33-23-9-11-31-25(19-23)27(17-21-5-1-3-7-29(21)37-31)35-13-15-36(16-14-35)28-18-22-6-2-4-8-30(22)38-32-12-10-24(34)20-26(28)32/h1-12,19-20,27-28H,13-18H2/t27-,28-/m1/s1. The van der Waals surface area contributed by atoms with Crippen LogP contribution in [0.1, 0.15) is 34.3 Å². The van der Waals surface area contributed by atoms with Crippen LogP contribution in [0.5, 0.6) is 0 Å². The Morgan fingerprint density at radius 3 is 1.39 bits per heavy atom. The lowest BCUT2D eigenvalue weighted by Crippen LogP contribution is -2.49. The summed E-state index contributed by atoms with van der Waals surface area (Å²) in [4.78, 5) is 10.8. The summed E-state index contributed by atoms with van der Waals surface area (Å²) in [5, 5.41) is 1.64. The van der Waals surface area contributed by atoms with E-state index in [1.54, 1.807) is 0 Å². The van der Waals surface area contributed by atoms with Gasteiger partial charge in [0.2, 0.25) is 0 Å². The van der Waals surface area contributed by atoms with Crippen LogP contribution >= 0.6 is 46.7 Å². The first-order valence-corrected chi connectivity index (χ1v) is 15.6. The summed E-state index contributed by atoms with van der Waals surface area (Å²) >= 11 is 16.8. The fraction of sp³-hybridized carbons (Fsp3) is 0.250. The van der Waals surface area contributed by atoms with Gasteiger partial charge < -0.3 is 0 Å². The number of rotatable bonds is 2. The van der Waals surface area contributed by atoms with Gasteiger partial charge in [-0.3, -0.25) is 9.80 Å². The van der Waals surface area contributed by atoms with Gasteiger partial charge in [0, 0.05) is 67.9 Å². The number of nitrogens with zero attached hydrogens (tertiary/aromatic N) is 2. The molecule has 0 aromatic heterocycles. The highest BCUT2D eigenvalue weighted by atomic mass is 35.5. The van der Waals surface area contributed by atoms with Crippen molar-refractivity contribution >= 4 is 46.7 Å². The van der Waals surface area contributed by atoms with E-state index in [1.165, 1.54) is 41.8 Å². The first-order valence-electron chi connectivity index (χ1n) is 13.2. The Hall–Kier alpha value is -1.92. The second-order valence-electron chi connectivity index (χ2n) is 10.3. The van der Waals surface area contributed by atoms with Crippen LogP contribution in [-0.2, 0) is 12.8 Å². The van der Waals surface area contributed by atoms with Crippen LogP contribution in [0.25, 0.3) is 0 Å². The highest BCUT2D eigenvalue weighted by molar-refractivity contribution is 7.99. The summed E-state index contributed by atoms with van der Waals surface area (Å²) in [6, 6.07) is 31.2. The van der Waals surface area contributed by atoms with Crippen molar-refractivity contribution in [2.75, 3.05) is 26.2 Å². The van der Waals surface area contributed by atoms with Crippen LogP contribution in [0.3, 0.4) is 0 Å². The van der Waals surface area contributed by atoms with E-state index < -0.39 is 0 Å². The summed E-state index contributed by atoms with van der Waals surface area (Å²) in [5.41, 5.74) is 5.59. The fourth-order valence-corrected chi connectivity index (χ4v) is 8.77. The average Bonchev–Trinajstić information content (AvgIpc) is 3.21. The van der Waals surface area contributed by atoms with Crippen LogP contribution in [-0.4, -0.2) is 36.0 Å². The Balaban J connectivity index is 1.18. The van der Waals surface area contributed by atoms with Crippen molar-refractivity contribution < 1.29 is 0 Å². The maximum Gasteiger partial charge on any atom is 0.0410 e. The van der Waals surface area contributed by atoms with Gasteiger partial charge in [0.1, 0.15) is 0 Å². The molecule has 2 nitrogen and oxygen atoms in total. The maximum atomic E-state index is 6.54. The molecule has 0 N–H and O–H groups in total. The molecule has 192 valence electrons. The molecule has 2 atom stereocenters. The Bertz CT molecular complexity index is 1390. The second-order valence-corrected chi connectivity index (χ2v) is 13.3. The largest absolute Gasteiger partial charge is 0.293 e. The van der Waals surface area contributed by atoms with E-state index in [-0.39, 0.29) is 0 Å². The lowest BCUT2D eigenvalue weighted by atomic mass is 9.95. The molecular weight excluding hydrogens is 547 g/mol. The minimum Gasteiger partial charge on any atom is -0.293 e. The van der Waals surface area contributed by atoms with Crippen molar-refractivity contribution in [3.05, 3.63) is 117 Å². The normalized spacial score (nSPS) is 21.4. The van der Waals surface area contributed by atoms with Gasteiger partial charge in [0.05, 0.1) is 0 Å². The van der Waals surface area contributed by atoms with Crippen LogP contribution < -0.4 is 0 Å². The summed E-state index contributed by atoms with van der Waals surface area (Å²) < 4.78 is 0. The molecule has 3 heterocycles. The van der Waals surface area contributed by atoms with E-state index in [2.05, 4.69) is 82.6 Å². The second kappa shape index (κ2) is 10.6. The van der Waals surface area contributed by atoms with Crippen molar-refractivity contribution in [2.24, 2.45) is 0 Å². The van der Waals surface area contributed by atoms with Gasteiger partial charge in [0.15, 0.2) is 0 Å².